The van der Waals surface area contributed by atoms with Crippen LogP contribution in [0.1, 0.15) is 31.7 Å². The molecule has 1 saturated heterocycles. The van der Waals surface area contributed by atoms with Crippen LogP contribution in [-0.2, 0) is 4.74 Å². The van der Waals surface area contributed by atoms with Crippen molar-refractivity contribution in [3.8, 4) is 17.0 Å². The van der Waals surface area contributed by atoms with Crippen LogP contribution in [0.25, 0.3) is 11.3 Å². The van der Waals surface area contributed by atoms with Gasteiger partial charge in [0.2, 0.25) is 0 Å². The maximum absolute atomic E-state index is 12.5. The lowest BCUT2D eigenvalue weighted by Crippen LogP contribution is -2.47. The number of benzene rings is 1. The van der Waals surface area contributed by atoms with Crippen molar-refractivity contribution < 1.29 is 14.6 Å². The highest BCUT2D eigenvalue weighted by atomic mass is 16.5. The Morgan fingerprint density at radius 2 is 2.11 bits per heavy atom. The number of nitrogens with one attached hydrogen (secondary N) is 1. The third-order valence-electron chi connectivity index (χ3n) is 5.78. The Labute approximate surface area is 164 Å². The third-order valence-corrected chi connectivity index (χ3v) is 5.78. The molecule has 0 amide bonds. The molecule has 1 aliphatic heterocycles. The van der Waals surface area contributed by atoms with Gasteiger partial charge in [-0.05, 0) is 31.0 Å². The van der Waals surface area contributed by atoms with E-state index in [1.54, 1.807) is 19.2 Å². The van der Waals surface area contributed by atoms with Crippen molar-refractivity contribution >= 4 is 0 Å². The fourth-order valence-electron chi connectivity index (χ4n) is 4.11. The summed E-state index contributed by atoms with van der Waals surface area (Å²) in [6.07, 6.45) is 3.77. The summed E-state index contributed by atoms with van der Waals surface area (Å²) in [5, 5.41) is 18.6. The molecule has 1 saturated carbocycles. The molecular formula is C21H27N3O4. The normalized spacial score (nSPS) is 23.8. The molecular weight excluding hydrogens is 358 g/mol. The van der Waals surface area contributed by atoms with Crippen LogP contribution >= 0.6 is 0 Å². The van der Waals surface area contributed by atoms with Crippen LogP contribution in [0.5, 0.6) is 5.75 Å². The van der Waals surface area contributed by atoms with Gasteiger partial charge in [0.05, 0.1) is 43.7 Å². The first-order chi connectivity index (χ1) is 13.6. The summed E-state index contributed by atoms with van der Waals surface area (Å²) < 4.78 is 12.4. The van der Waals surface area contributed by atoms with Crippen LogP contribution in [-0.4, -0.2) is 53.4 Å². The van der Waals surface area contributed by atoms with Crippen molar-refractivity contribution in [1.29, 1.82) is 0 Å². The summed E-state index contributed by atoms with van der Waals surface area (Å²) in [6, 6.07) is 10.6. The molecule has 2 heterocycles. The maximum atomic E-state index is 12.5. The predicted molar refractivity (Wildman–Crippen MR) is 106 cm³/mol. The highest BCUT2D eigenvalue weighted by molar-refractivity contribution is 5.60. The highest BCUT2D eigenvalue weighted by Crippen LogP contribution is 2.29. The molecule has 2 N–H and O–H groups in total. The first-order valence-corrected chi connectivity index (χ1v) is 9.86. The van der Waals surface area contributed by atoms with E-state index in [9.17, 15) is 9.90 Å². The molecule has 1 aliphatic carbocycles. The van der Waals surface area contributed by atoms with Gasteiger partial charge in [0.1, 0.15) is 5.75 Å². The number of rotatable bonds is 6. The Balaban J connectivity index is 1.56. The van der Waals surface area contributed by atoms with Crippen molar-refractivity contribution in [2.75, 3.05) is 26.9 Å². The van der Waals surface area contributed by atoms with E-state index in [0.29, 0.717) is 25.5 Å². The van der Waals surface area contributed by atoms with Crippen molar-refractivity contribution in [3.05, 3.63) is 46.8 Å². The zero-order chi connectivity index (χ0) is 19.6. The van der Waals surface area contributed by atoms with Gasteiger partial charge in [0.15, 0.2) is 0 Å². The lowest BCUT2D eigenvalue weighted by Gasteiger charge is -2.27. The quantitative estimate of drug-likeness (QED) is 0.788. The minimum atomic E-state index is -0.645. The lowest BCUT2D eigenvalue weighted by molar-refractivity contribution is 0.0433. The zero-order valence-electron chi connectivity index (χ0n) is 16.1. The van der Waals surface area contributed by atoms with E-state index in [2.05, 4.69) is 10.4 Å². The van der Waals surface area contributed by atoms with Crippen LogP contribution in [0.2, 0.25) is 0 Å². The molecule has 1 aromatic carbocycles. The second-order valence-corrected chi connectivity index (χ2v) is 7.76. The summed E-state index contributed by atoms with van der Waals surface area (Å²) >= 11 is 0. The van der Waals surface area contributed by atoms with Crippen molar-refractivity contribution in [1.82, 2.24) is 15.1 Å². The van der Waals surface area contributed by atoms with Gasteiger partial charge in [0, 0.05) is 18.2 Å². The number of hydrogen-bond acceptors (Lipinski definition) is 6. The zero-order valence-corrected chi connectivity index (χ0v) is 16.1. The molecule has 2 atom stereocenters. The Bertz CT molecular complexity index is 876. The van der Waals surface area contributed by atoms with Crippen LogP contribution < -0.4 is 15.6 Å². The summed E-state index contributed by atoms with van der Waals surface area (Å²) in [5.74, 6) is 0.741. The number of hydrogen-bond donors (Lipinski definition) is 2. The molecule has 28 heavy (non-hydrogen) atoms. The van der Waals surface area contributed by atoms with Crippen LogP contribution in [0.15, 0.2) is 41.2 Å². The van der Waals surface area contributed by atoms with E-state index in [0.717, 1.165) is 37.0 Å². The van der Waals surface area contributed by atoms with Gasteiger partial charge in [0.25, 0.3) is 5.56 Å². The molecule has 2 fully saturated rings. The molecule has 0 spiro atoms. The smallest absolute Gasteiger partial charge is 0.267 e. The van der Waals surface area contributed by atoms with Crippen molar-refractivity contribution in [2.45, 2.75) is 43.4 Å². The molecule has 7 heteroatoms. The van der Waals surface area contributed by atoms with E-state index in [4.69, 9.17) is 9.47 Å². The monoisotopic (exact) mass is 385 g/mol. The van der Waals surface area contributed by atoms with Crippen molar-refractivity contribution in [3.63, 3.8) is 0 Å². The van der Waals surface area contributed by atoms with Gasteiger partial charge in [-0.25, -0.2) is 4.68 Å². The van der Waals surface area contributed by atoms with Gasteiger partial charge in [-0.3, -0.25) is 4.79 Å². The second kappa shape index (κ2) is 8.03. The Morgan fingerprint density at radius 3 is 2.89 bits per heavy atom. The van der Waals surface area contributed by atoms with E-state index < -0.39 is 5.60 Å². The number of nitrogens with zero attached hydrogens (tertiary/aromatic N) is 2. The SMILES string of the molecule is COc1cccc(-c2ccc(=O)n(C3COCC3NCC3(O)CCCC3)n2)c1. The van der Waals surface area contributed by atoms with Gasteiger partial charge >= 0.3 is 0 Å². The minimum Gasteiger partial charge on any atom is -0.497 e. The van der Waals surface area contributed by atoms with Gasteiger partial charge in [-0.1, -0.05) is 25.0 Å². The Hall–Kier alpha value is -2.22. The fraction of sp³-hybridized carbons (Fsp3) is 0.524. The summed E-state index contributed by atoms with van der Waals surface area (Å²) in [7, 11) is 1.62. The summed E-state index contributed by atoms with van der Waals surface area (Å²) in [4.78, 5) is 12.5. The molecule has 1 aromatic heterocycles. The van der Waals surface area contributed by atoms with Crippen LogP contribution in [0.3, 0.4) is 0 Å². The standard InChI is InChI=1S/C21H27N3O4/c1-27-16-6-4-5-15(11-16)17-7-8-20(25)24(23-17)19-13-28-12-18(19)22-14-21(26)9-2-3-10-21/h4-8,11,18-19,22,26H,2-3,9-10,12-14H2,1H3. The molecule has 2 unspecified atom stereocenters. The van der Waals surface area contributed by atoms with E-state index in [1.165, 1.54) is 4.68 Å². The number of methoxy groups -OCH3 is 1. The van der Waals surface area contributed by atoms with E-state index in [1.807, 2.05) is 24.3 Å². The van der Waals surface area contributed by atoms with E-state index >= 15 is 0 Å². The number of aromatic nitrogens is 2. The lowest BCUT2D eigenvalue weighted by atomic mass is 10.0. The molecule has 2 aliphatic rings. The van der Waals surface area contributed by atoms with Gasteiger partial charge in [-0.15, -0.1) is 0 Å². The third kappa shape index (κ3) is 3.97. The molecule has 2 aromatic rings. The first-order valence-electron chi connectivity index (χ1n) is 9.86. The van der Waals surface area contributed by atoms with Gasteiger partial charge < -0.3 is 19.9 Å². The van der Waals surface area contributed by atoms with Gasteiger partial charge in [-0.2, -0.15) is 5.10 Å². The molecule has 7 nitrogen and oxygen atoms in total. The molecule has 0 radical (unpaired) electrons. The summed E-state index contributed by atoms with van der Waals surface area (Å²) in [6.45, 7) is 1.44. The number of aliphatic hydroxyl groups is 1. The molecule has 4 rings (SSSR count). The molecule has 150 valence electrons. The molecule has 0 bridgehead atoms. The minimum absolute atomic E-state index is 0.0598. The first kappa shape index (κ1) is 19.1. The Kier molecular flexibility index (Phi) is 5.48. The maximum Gasteiger partial charge on any atom is 0.267 e. The topological polar surface area (TPSA) is 85.6 Å². The highest BCUT2D eigenvalue weighted by Gasteiger charge is 2.36. The van der Waals surface area contributed by atoms with E-state index in [-0.39, 0.29) is 17.6 Å². The predicted octanol–water partition coefficient (Wildman–Crippen LogP) is 1.75. The summed E-state index contributed by atoms with van der Waals surface area (Å²) in [5.41, 5.74) is 0.789. The number of ether oxygens (including phenoxy) is 2. The largest absolute Gasteiger partial charge is 0.497 e. The Morgan fingerprint density at radius 1 is 1.29 bits per heavy atom. The van der Waals surface area contributed by atoms with Crippen molar-refractivity contribution in [2.24, 2.45) is 0 Å². The average Bonchev–Trinajstić information content (AvgIpc) is 3.36. The van der Waals surface area contributed by atoms with Crippen LogP contribution in [0, 0.1) is 0 Å². The fourth-order valence-corrected chi connectivity index (χ4v) is 4.11. The van der Waals surface area contributed by atoms with Crippen LogP contribution in [0.4, 0.5) is 0 Å². The second-order valence-electron chi connectivity index (χ2n) is 7.76. The average molecular weight is 385 g/mol.